The van der Waals surface area contributed by atoms with Crippen molar-refractivity contribution in [3.8, 4) is 0 Å². The highest BCUT2D eigenvalue weighted by molar-refractivity contribution is 5.79. The maximum Gasteiger partial charge on any atom is 0.416 e. The van der Waals surface area contributed by atoms with Crippen LogP contribution in [0.4, 0.5) is 24.7 Å². The third-order valence-electron chi connectivity index (χ3n) is 5.97. The lowest BCUT2D eigenvalue weighted by molar-refractivity contribution is -0.138. The van der Waals surface area contributed by atoms with Gasteiger partial charge >= 0.3 is 6.18 Å². The molecule has 2 saturated heterocycles. The zero-order chi connectivity index (χ0) is 22.6. The van der Waals surface area contributed by atoms with Crippen LogP contribution in [0.25, 0.3) is 0 Å². The number of carbonyl (C=O) groups excluding carboxylic acids is 1. The Morgan fingerprint density at radius 3 is 2.53 bits per heavy atom. The molecule has 10 heteroatoms. The van der Waals surface area contributed by atoms with Crippen LogP contribution in [0.3, 0.4) is 0 Å². The summed E-state index contributed by atoms with van der Waals surface area (Å²) in [6.45, 7) is 4.02. The Balaban J connectivity index is 1.34. The predicted molar refractivity (Wildman–Crippen MR) is 113 cm³/mol. The highest BCUT2D eigenvalue weighted by Gasteiger charge is 2.33. The molecule has 1 N–H and O–H groups in total. The van der Waals surface area contributed by atoms with Crippen LogP contribution in [0, 0.1) is 5.92 Å². The molecule has 0 radical (unpaired) electrons. The summed E-state index contributed by atoms with van der Waals surface area (Å²) in [5, 5.41) is 2.69. The molecule has 172 valence electrons. The van der Waals surface area contributed by atoms with Crippen molar-refractivity contribution in [3.05, 3.63) is 47.9 Å². The number of nitrogens with one attached hydrogen (secondary N) is 1. The maximum absolute atomic E-state index is 13.2. The molecule has 0 bridgehead atoms. The van der Waals surface area contributed by atoms with Crippen LogP contribution >= 0.6 is 0 Å². The zero-order valence-corrected chi connectivity index (χ0v) is 17.6. The van der Waals surface area contributed by atoms with E-state index in [2.05, 4.69) is 25.1 Å². The van der Waals surface area contributed by atoms with E-state index >= 15 is 0 Å². The fourth-order valence-electron chi connectivity index (χ4n) is 4.22. The lowest BCUT2D eigenvalue weighted by Gasteiger charge is -2.36. The van der Waals surface area contributed by atoms with Gasteiger partial charge in [-0.05, 0) is 24.5 Å². The van der Waals surface area contributed by atoms with Crippen LogP contribution < -0.4 is 15.1 Å². The van der Waals surface area contributed by atoms with E-state index in [-0.39, 0.29) is 23.9 Å². The monoisotopic (exact) mass is 449 g/mol. The summed E-state index contributed by atoms with van der Waals surface area (Å²) in [5.41, 5.74) is 0.296. The average Bonchev–Trinajstić information content (AvgIpc) is 2.83. The topological polar surface area (TPSA) is 70.6 Å². The second kappa shape index (κ2) is 9.72. The second-order valence-electron chi connectivity index (χ2n) is 7.97. The molecule has 1 aromatic heterocycles. The van der Waals surface area contributed by atoms with E-state index < -0.39 is 11.7 Å². The van der Waals surface area contributed by atoms with E-state index in [9.17, 15) is 18.0 Å². The van der Waals surface area contributed by atoms with E-state index in [1.807, 2.05) is 0 Å². The SMILES string of the molecule is O=C(NCc1ccccc1C(F)(F)F)C1CCN(c2cncnc2N2CCOCC2)CC1. The molecule has 0 spiro atoms. The summed E-state index contributed by atoms with van der Waals surface area (Å²) in [5.74, 6) is 0.426. The first-order chi connectivity index (χ1) is 15.4. The van der Waals surface area contributed by atoms with E-state index in [1.165, 1.54) is 18.5 Å². The number of morpholine rings is 1. The van der Waals surface area contributed by atoms with Crippen LogP contribution in [0.5, 0.6) is 0 Å². The van der Waals surface area contributed by atoms with Gasteiger partial charge in [-0.1, -0.05) is 18.2 Å². The number of nitrogens with zero attached hydrogens (tertiary/aromatic N) is 4. The van der Waals surface area contributed by atoms with Crippen molar-refractivity contribution in [2.24, 2.45) is 5.92 Å². The number of rotatable bonds is 5. The van der Waals surface area contributed by atoms with Crippen LogP contribution in [0.2, 0.25) is 0 Å². The number of alkyl halides is 3. The van der Waals surface area contributed by atoms with Crippen molar-refractivity contribution >= 4 is 17.4 Å². The van der Waals surface area contributed by atoms with E-state index in [0.717, 1.165) is 30.7 Å². The number of amides is 1. The van der Waals surface area contributed by atoms with Gasteiger partial charge in [0.05, 0.1) is 30.7 Å². The highest BCUT2D eigenvalue weighted by Crippen LogP contribution is 2.32. The fourth-order valence-corrected chi connectivity index (χ4v) is 4.22. The summed E-state index contributed by atoms with van der Waals surface area (Å²) in [6, 6.07) is 5.33. The van der Waals surface area contributed by atoms with E-state index in [4.69, 9.17) is 4.74 Å². The van der Waals surface area contributed by atoms with Gasteiger partial charge in [-0.15, -0.1) is 0 Å². The van der Waals surface area contributed by atoms with Crippen LogP contribution in [0.15, 0.2) is 36.8 Å². The molecule has 7 nitrogen and oxygen atoms in total. The van der Waals surface area contributed by atoms with Crippen LogP contribution in [0.1, 0.15) is 24.0 Å². The number of piperidine rings is 1. The molecule has 2 aromatic rings. The van der Waals surface area contributed by atoms with Crippen LogP contribution in [-0.4, -0.2) is 55.3 Å². The Bertz CT molecular complexity index is 926. The normalized spacial score (nSPS) is 18.0. The Kier molecular flexibility index (Phi) is 6.78. The van der Waals surface area contributed by atoms with Crippen molar-refractivity contribution < 1.29 is 22.7 Å². The zero-order valence-electron chi connectivity index (χ0n) is 17.6. The molecule has 4 rings (SSSR count). The maximum atomic E-state index is 13.2. The lowest BCUT2D eigenvalue weighted by atomic mass is 9.95. The summed E-state index contributed by atoms with van der Waals surface area (Å²) in [6.07, 6.45) is 0.122. The molecule has 0 aliphatic carbocycles. The van der Waals surface area contributed by atoms with Crippen molar-refractivity contribution in [2.75, 3.05) is 49.2 Å². The number of benzene rings is 1. The first-order valence-corrected chi connectivity index (χ1v) is 10.7. The van der Waals surface area contributed by atoms with Gasteiger partial charge in [0.15, 0.2) is 5.82 Å². The molecule has 2 fully saturated rings. The van der Waals surface area contributed by atoms with Gasteiger partial charge in [0.25, 0.3) is 0 Å². The summed E-state index contributed by atoms with van der Waals surface area (Å²) in [7, 11) is 0. The number of hydrogen-bond donors (Lipinski definition) is 1. The molecule has 0 saturated carbocycles. The molecule has 0 atom stereocenters. The Hall–Kier alpha value is -2.88. The molecular formula is C22H26F3N5O2. The molecule has 1 aromatic carbocycles. The second-order valence-corrected chi connectivity index (χ2v) is 7.97. The minimum absolute atomic E-state index is 0.0716. The van der Waals surface area contributed by atoms with E-state index in [0.29, 0.717) is 39.1 Å². The minimum atomic E-state index is -4.44. The van der Waals surface area contributed by atoms with Gasteiger partial charge in [0.2, 0.25) is 5.91 Å². The number of halogens is 3. The molecule has 2 aliphatic heterocycles. The lowest BCUT2D eigenvalue weighted by Crippen LogP contribution is -2.42. The number of anilines is 2. The Morgan fingerprint density at radius 1 is 1.09 bits per heavy atom. The average molecular weight is 449 g/mol. The number of aromatic nitrogens is 2. The number of hydrogen-bond acceptors (Lipinski definition) is 6. The van der Waals surface area contributed by atoms with Gasteiger partial charge in [-0.25, -0.2) is 9.97 Å². The Morgan fingerprint density at radius 2 is 1.81 bits per heavy atom. The summed E-state index contributed by atoms with van der Waals surface area (Å²) >= 11 is 0. The third kappa shape index (κ3) is 5.12. The van der Waals surface area contributed by atoms with Gasteiger partial charge in [0, 0.05) is 38.6 Å². The number of carbonyl (C=O) groups is 1. The van der Waals surface area contributed by atoms with E-state index in [1.54, 1.807) is 12.3 Å². The quantitative estimate of drug-likeness (QED) is 0.757. The van der Waals surface area contributed by atoms with Gasteiger partial charge in [-0.2, -0.15) is 13.2 Å². The molecule has 0 unspecified atom stereocenters. The van der Waals surface area contributed by atoms with Gasteiger partial charge < -0.3 is 19.9 Å². The van der Waals surface area contributed by atoms with Crippen molar-refractivity contribution in [2.45, 2.75) is 25.6 Å². The predicted octanol–water partition coefficient (Wildman–Crippen LogP) is 2.86. The molecule has 32 heavy (non-hydrogen) atoms. The van der Waals surface area contributed by atoms with Crippen LogP contribution in [-0.2, 0) is 22.3 Å². The number of ether oxygens (including phenoxy) is 1. The minimum Gasteiger partial charge on any atom is -0.378 e. The fraction of sp³-hybridized carbons (Fsp3) is 0.500. The summed E-state index contributed by atoms with van der Waals surface area (Å²) in [4.78, 5) is 25.6. The largest absolute Gasteiger partial charge is 0.416 e. The first-order valence-electron chi connectivity index (χ1n) is 10.7. The van der Waals surface area contributed by atoms with Gasteiger partial charge in [0.1, 0.15) is 6.33 Å². The van der Waals surface area contributed by atoms with Crippen molar-refractivity contribution in [3.63, 3.8) is 0 Å². The third-order valence-corrected chi connectivity index (χ3v) is 5.97. The standard InChI is InChI=1S/C22H26F3N5O2/c23-22(24,25)18-4-2-1-3-17(18)13-27-21(31)16-5-7-29(8-6-16)19-14-26-15-28-20(19)30-9-11-32-12-10-30/h1-4,14-16H,5-13H2,(H,27,31). The van der Waals surface area contributed by atoms with Crippen molar-refractivity contribution in [1.29, 1.82) is 0 Å². The van der Waals surface area contributed by atoms with Gasteiger partial charge in [-0.3, -0.25) is 4.79 Å². The first kappa shape index (κ1) is 22.3. The molecule has 2 aliphatic rings. The highest BCUT2D eigenvalue weighted by atomic mass is 19.4. The molecular weight excluding hydrogens is 423 g/mol. The summed E-state index contributed by atoms with van der Waals surface area (Å²) < 4.78 is 44.9. The Labute approximate surface area is 184 Å². The van der Waals surface area contributed by atoms with Crippen molar-refractivity contribution in [1.82, 2.24) is 15.3 Å². The molecule has 3 heterocycles. The smallest absolute Gasteiger partial charge is 0.378 e. The molecule has 1 amide bonds.